The number of carbonyl (C=O) groups excluding carboxylic acids is 1. The summed E-state index contributed by atoms with van der Waals surface area (Å²) in [5, 5.41) is 12.0. The number of hydrogen-bond acceptors (Lipinski definition) is 2. The van der Waals surface area contributed by atoms with E-state index in [0.29, 0.717) is 13.0 Å². The van der Waals surface area contributed by atoms with Crippen molar-refractivity contribution in [1.82, 2.24) is 10.2 Å². The topological polar surface area (TPSA) is 69.6 Å². The van der Waals surface area contributed by atoms with Crippen molar-refractivity contribution >= 4 is 12.0 Å². The SMILES string of the molecule is CCC(C)N(CC)C(=O)NC1CCCC(C(=O)O)C1. The average molecular weight is 270 g/mol. The zero-order valence-corrected chi connectivity index (χ0v) is 12.2. The van der Waals surface area contributed by atoms with Gasteiger partial charge in [-0.05, 0) is 39.5 Å². The molecule has 1 aliphatic carbocycles. The second-order valence-corrected chi connectivity index (χ2v) is 5.39. The largest absolute Gasteiger partial charge is 0.481 e. The molecule has 0 saturated heterocycles. The summed E-state index contributed by atoms with van der Waals surface area (Å²) in [7, 11) is 0. The summed E-state index contributed by atoms with van der Waals surface area (Å²) in [5.74, 6) is -1.05. The number of aliphatic carboxylic acids is 1. The summed E-state index contributed by atoms with van der Waals surface area (Å²) >= 11 is 0. The van der Waals surface area contributed by atoms with Crippen LogP contribution in [0.1, 0.15) is 52.9 Å². The lowest BCUT2D eigenvalue weighted by Crippen LogP contribution is -2.49. The normalized spacial score (nSPS) is 24.6. The number of amides is 2. The summed E-state index contributed by atoms with van der Waals surface area (Å²) < 4.78 is 0. The summed E-state index contributed by atoms with van der Waals surface area (Å²) in [4.78, 5) is 25.0. The van der Waals surface area contributed by atoms with Crippen LogP contribution in [0.25, 0.3) is 0 Å². The van der Waals surface area contributed by atoms with Gasteiger partial charge >= 0.3 is 12.0 Å². The Balaban J connectivity index is 2.53. The van der Waals surface area contributed by atoms with Crippen LogP contribution in [0.5, 0.6) is 0 Å². The van der Waals surface area contributed by atoms with Gasteiger partial charge in [0.1, 0.15) is 0 Å². The molecule has 1 fully saturated rings. The van der Waals surface area contributed by atoms with Gasteiger partial charge in [-0.25, -0.2) is 4.79 Å². The van der Waals surface area contributed by atoms with Crippen molar-refractivity contribution in [2.75, 3.05) is 6.54 Å². The minimum atomic E-state index is -0.742. The summed E-state index contributed by atoms with van der Waals surface area (Å²) in [6, 6.07) is 0.150. The van der Waals surface area contributed by atoms with Crippen LogP contribution in [0.3, 0.4) is 0 Å². The van der Waals surface area contributed by atoms with E-state index in [4.69, 9.17) is 5.11 Å². The van der Waals surface area contributed by atoms with E-state index in [-0.39, 0.29) is 24.0 Å². The molecular formula is C14H26N2O3. The molecule has 110 valence electrons. The molecule has 0 aromatic rings. The highest BCUT2D eigenvalue weighted by Gasteiger charge is 2.29. The van der Waals surface area contributed by atoms with Gasteiger partial charge in [0.05, 0.1) is 5.92 Å². The van der Waals surface area contributed by atoms with Crippen LogP contribution in [0.15, 0.2) is 0 Å². The first-order valence-corrected chi connectivity index (χ1v) is 7.29. The van der Waals surface area contributed by atoms with Gasteiger partial charge in [0.2, 0.25) is 0 Å². The van der Waals surface area contributed by atoms with E-state index in [9.17, 15) is 9.59 Å². The third kappa shape index (κ3) is 4.40. The van der Waals surface area contributed by atoms with E-state index in [2.05, 4.69) is 12.2 Å². The third-order valence-electron chi connectivity index (χ3n) is 4.08. The van der Waals surface area contributed by atoms with E-state index < -0.39 is 5.97 Å². The Kier molecular flexibility index (Phi) is 6.12. The van der Waals surface area contributed by atoms with Crippen LogP contribution in [0.4, 0.5) is 4.79 Å². The number of rotatable bonds is 5. The number of urea groups is 1. The fraction of sp³-hybridized carbons (Fsp3) is 0.857. The molecule has 0 spiro atoms. The fourth-order valence-electron chi connectivity index (χ4n) is 2.68. The van der Waals surface area contributed by atoms with Crippen molar-refractivity contribution in [1.29, 1.82) is 0 Å². The molecule has 5 nitrogen and oxygen atoms in total. The van der Waals surface area contributed by atoms with E-state index in [1.807, 2.05) is 18.7 Å². The second-order valence-electron chi connectivity index (χ2n) is 5.39. The van der Waals surface area contributed by atoms with Gasteiger partial charge in [-0.1, -0.05) is 13.3 Å². The van der Waals surface area contributed by atoms with Gasteiger partial charge in [-0.15, -0.1) is 0 Å². The first kappa shape index (κ1) is 15.8. The Labute approximate surface area is 115 Å². The van der Waals surface area contributed by atoms with Crippen molar-refractivity contribution in [3.8, 4) is 0 Å². The van der Waals surface area contributed by atoms with Crippen LogP contribution in [-0.2, 0) is 4.79 Å². The highest BCUT2D eigenvalue weighted by atomic mass is 16.4. The smallest absolute Gasteiger partial charge is 0.317 e. The highest BCUT2D eigenvalue weighted by Crippen LogP contribution is 2.24. The number of nitrogens with one attached hydrogen (secondary N) is 1. The van der Waals surface area contributed by atoms with E-state index in [1.54, 1.807) is 0 Å². The molecule has 3 unspecified atom stereocenters. The predicted octanol–water partition coefficient (Wildman–Crippen LogP) is 2.46. The summed E-state index contributed by atoms with van der Waals surface area (Å²) in [5.41, 5.74) is 0. The lowest BCUT2D eigenvalue weighted by Gasteiger charge is -2.32. The standard InChI is InChI=1S/C14H26N2O3/c1-4-10(3)16(5-2)14(19)15-12-8-6-7-11(9-12)13(17)18/h10-12H,4-9H2,1-3H3,(H,15,19)(H,17,18). The molecule has 0 aromatic carbocycles. The molecule has 0 bridgehead atoms. The Morgan fingerprint density at radius 3 is 2.58 bits per heavy atom. The summed E-state index contributed by atoms with van der Waals surface area (Å²) in [6.07, 6.45) is 3.96. The zero-order chi connectivity index (χ0) is 14.4. The van der Waals surface area contributed by atoms with Crippen molar-refractivity contribution in [2.24, 2.45) is 5.92 Å². The minimum absolute atomic E-state index is 0.000422. The molecular weight excluding hydrogens is 244 g/mol. The molecule has 19 heavy (non-hydrogen) atoms. The van der Waals surface area contributed by atoms with Gasteiger partial charge in [0.25, 0.3) is 0 Å². The van der Waals surface area contributed by atoms with Gasteiger partial charge in [0.15, 0.2) is 0 Å². The number of nitrogens with zero attached hydrogens (tertiary/aromatic N) is 1. The molecule has 2 amide bonds. The van der Waals surface area contributed by atoms with Crippen molar-refractivity contribution < 1.29 is 14.7 Å². The van der Waals surface area contributed by atoms with Crippen LogP contribution in [0, 0.1) is 5.92 Å². The molecule has 0 aliphatic heterocycles. The Morgan fingerprint density at radius 2 is 2.05 bits per heavy atom. The lowest BCUT2D eigenvalue weighted by molar-refractivity contribution is -0.143. The number of carboxylic acid groups (broad SMARTS) is 1. The predicted molar refractivity (Wildman–Crippen MR) is 74.0 cm³/mol. The zero-order valence-electron chi connectivity index (χ0n) is 12.2. The van der Waals surface area contributed by atoms with Crippen LogP contribution in [0.2, 0.25) is 0 Å². The monoisotopic (exact) mass is 270 g/mol. The van der Waals surface area contributed by atoms with Gasteiger partial charge < -0.3 is 15.3 Å². The molecule has 1 saturated carbocycles. The van der Waals surface area contributed by atoms with Crippen molar-refractivity contribution in [3.63, 3.8) is 0 Å². The lowest BCUT2D eigenvalue weighted by atomic mass is 9.86. The number of hydrogen-bond donors (Lipinski definition) is 2. The van der Waals surface area contributed by atoms with Crippen molar-refractivity contribution in [3.05, 3.63) is 0 Å². The molecule has 5 heteroatoms. The second kappa shape index (κ2) is 7.36. The number of carbonyl (C=O) groups is 2. The van der Waals surface area contributed by atoms with Gasteiger partial charge in [-0.2, -0.15) is 0 Å². The highest BCUT2D eigenvalue weighted by molar-refractivity contribution is 5.75. The van der Waals surface area contributed by atoms with Gasteiger partial charge in [-0.3, -0.25) is 4.79 Å². The number of carboxylic acids is 1. The van der Waals surface area contributed by atoms with Crippen molar-refractivity contribution in [2.45, 2.75) is 65.0 Å². The van der Waals surface area contributed by atoms with E-state index in [0.717, 1.165) is 25.7 Å². The molecule has 1 aliphatic rings. The Bertz CT molecular complexity index is 320. The summed E-state index contributed by atoms with van der Waals surface area (Å²) in [6.45, 7) is 6.73. The fourth-order valence-corrected chi connectivity index (χ4v) is 2.68. The van der Waals surface area contributed by atoms with E-state index in [1.165, 1.54) is 0 Å². The molecule has 0 aromatic heterocycles. The van der Waals surface area contributed by atoms with Crippen LogP contribution in [-0.4, -0.2) is 40.6 Å². The minimum Gasteiger partial charge on any atom is -0.481 e. The quantitative estimate of drug-likeness (QED) is 0.806. The first-order chi connectivity index (χ1) is 8.99. The van der Waals surface area contributed by atoms with Crippen LogP contribution < -0.4 is 5.32 Å². The maximum absolute atomic E-state index is 12.2. The van der Waals surface area contributed by atoms with Gasteiger partial charge in [0, 0.05) is 18.6 Å². The van der Waals surface area contributed by atoms with E-state index >= 15 is 0 Å². The molecule has 3 atom stereocenters. The maximum atomic E-state index is 12.2. The van der Waals surface area contributed by atoms with Crippen LogP contribution >= 0.6 is 0 Å². The average Bonchev–Trinajstić information content (AvgIpc) is 2.39. The molecule has 0 radical (unpaired) electrons. The molecule has 0 heterocycles. The maximum Gasteiger partial charge on any atom is 0.317 e. The molecule has 1 rings (SSSR count). The third-order valence-corrected chi connectivity index (χ3v) is 4.08. The Hall–Kier alpha value is -1.26. The first-order valence-electron chi connectivity index (χ1n) is 7.29. The molecule has 2 N–H and O–H groups in total. The Morgan fingerprint density at radius 1 is 1.37 bits per heavy atom.